The highest BCUT2D eigenvalue weighted by atomic mass is 16.6. The van der Waals surface area contributed by atoms with E-state index in [2.05, 4.69) is 10.4 Å². The van der Waals surface area contributed by atoms with Gasteiger partial charge in [-0.25, -0.2) is 9.48 Å². The molecule has 1 saturated heterocycles. The first kappa shape index (κ1) is 18.9. The highest BCUT2D eigenvalue weighted by Gasteiger charge is 2.28. The molecular weight excluding hydrogens is 344 g/mol. The monoisotopic (exact) mass is 370 g/mol. The van der Waals surface area contributed by atoms with Gasteiger partial charge in [0.15, 0.2) is 0 Å². The standard InChI is InChI=1S/C20H26N4O3/c1-15(2)14-27-20(26)23-10-8-16(9-11-23)19(25)22-17-12-21-24(13-17)18-6-4-3-5-7-18/h3-7,12-13,15-16H,8-11,14H2,1-2H3,(H,22,25). The van der Waals surface area contributed by atoms with Gasteiger partial charge in [0.05, 0.1) is 30.4 Å². The number of carbonyl (C=O) groups excluding carboxylic acids is 2. The molecule has 7 nitrogen and oxygen atoms in total. The second kappa shape index (κ2) is 8.70. The number of carbonyl (C=O) groups is 2. The van der Waals surface area contributed by atoms with E-state index in [4.69, 9.17) is 4.74 Å². The van der Waals surface area contributed by atoms with E-state index >= 15 is 0 Å². The zero-order chi connectivity index (χ0) is 19.2. The van der Waals surface area contributed by atoms with Crippen LogP contribution < -0.4 is 5.32 Å². The molecule has 0 radical (unpaired) electrons. The van der Waals surface area contributed by atoms with Crippen LogP contribution in [0.5, 0.6) is 0 Å². The molecule has 2 aromatic rings. The predicted octanol–water partition coefficient (Wildman–Crippen LogP) is 3.32. The number of nitrogens with zero attached hydrogens (tertiary/aromatic N) is 3. The Morgan fingerprint density at radius 1 is 1.22 bits per heavy atom. The fourth-order valence-electron chi connectivity index (χ4n) is 3.01. The summed E-state index contributed by atoms with van der Waals surface area (Å²) in [5, 5.41) is 7.22. The van der Waals surface area contributed by atoms with E-state index in [1.54, 1.807) is 22.0 Å². The lowest BCUT2D eigenvalue weighted by Crippen LogP contribution is -2.42. The normalized spacial score (nSPS) is 15.0. The molecular formula is C20H26N4O3. The first-order chi connectivity index (χ1) is 13.0. The molecule has 0 saturated carbocycles. The maximum Gasteiger partial charge on any atom is 0.409 e. The molecule has 3 rings (SSSR count). The van der Waals surface area contributed by atoms with E-state index in [9.17, 15) is 9.59 Å². The van der Waals surface area contributed by atoms with Crippen molar-refractivity contribution in [1.82, 2.24) is 14.7 Å². The third kappa shape index (κ3) is 5.09. The molecule has 1 aromatic heterocycles. The van der Waals surface area contributed by atoms with Crippen LogP contribution in [0, 0.1) is 11.8 Å². The quantitative estimate of drug-likeness (QED) is 0.876. The Labute approximate surface area is 159 Å². The summed E-state index contributed by atoms with van der Waals surface area (Å²) in [6, 6.07) is 9.73. The van der Waals surface area contributed by atoms with Crippen molar-refractivity contribution in [3.8, 4) is 5.69 Å². The topological polar surface area (TPSA) is 76.5 Å². The lowest BCUT2D eigenvalue weighted by atomic mass is 9.96. The molecule has 1 aliphatic heterocycles. The lowest BCUT2D eigenvalue weighted by molar-refractivity contribution is -0.121. The molecule has 1 fully saturated rings. The van der Waals surface area contributed by atoms with Gasteiger partial charge in [0.25, 0.3) is 0 Å². The number of aromatic nitrogens is 2. The van der Waals surface area contributed by atoms with E-state index in [0.29, 0.717) is 44.1 Å². The first-order valence-corrected chi connectivity index (χ1v) is 9.35. The number of para-hydroxylation sites is 1. The summed E-state index contributed by atoms with van der Waals surface area (Å²) >= 11 is 0. The molecule has 0 unspecified atom stereocenters. The zero-order valence-electron chi connectivity index (χ0n) is 15.8. The van der Waals surface area contributed by atoms with Crippen molar-refractivity contribution in [2.45, 2.75) is 26.7 Å². The van der Waals surface area contributed by atoms with Crippen molar-refractivity contribution in [1.29, 1.82) is 0 Å². The van der Waals surface area contributed by atoms with Crippen molar-refractivity contribution < 1.29 is 14.3 Å². The van der Waals surface area contributed by atoms with Gasteiger partial charge in [0, 0.05) is 19.0 Å². The van der Waals surface area contributed by atoms with Crippen molar-refractivity contribution >= 4 is 17.7 Å². The molecule has 7 heteroatoms. The third-order valence-electron chi connectivity index (χ3n) is 4.53. The van der Waals surface area contributed by atoms with Crippen molar-refractivity contribution in [3.05, 3.63) is 42.7 Å². The Morgan fingerprint density at radius 3 is 2.59 bits per heavy atom. The maximum atomic E-state index is 12.5. The third-order valence-corrected chi connectivity index (χ3v) is 4.53. The maximum absolute atomic E-state index is 12.5. The van der Waals surface area contributed by atoms with Crippen LogP contribution >= 0.6 is 0 Å². The first-order valence-electron chi connectivity index (χ1n) is 9.35. The molecule has 1 aromatic carbocycles. The average Bonchev–Trinajstić information content (AvgIpc) is 3.15. The number of anilines is 1. The predicted molar refractivity (Wildman–Crippen MR) is 103 cm³/mol. The molecule has 0 spiro atoms. The second-order valence-electron chi connectivity index (χ2n) is 7.23. The molecule has 2 amide bonds. The van der Waals surface area contributed by atoms with E-state index in [0.717, 1.165) is 5.69 Å². The van der Waals surface area contributed by atoms with E-state index in [-0.39, 0.29) is 17.9 Å². The molecule has 144 valence electrons. The van der Waals surface area contributed by atoms with Crippen LogP contribution in [0.25, 0.3) is 5.69 Å². The van der Waals surface area contributed by atoms with Crippen LogP contribution in [0.1, 0.15) is 26.7 Å². The largest absolute Gasteiger partial charge is 0.449 e. The fraction of sp³-hybridized carbons (Fsp3) is 0.450. The Hall–Kier alpha value is -2.83. The van der Waals surface area contributed by atoms with Gasteiger partial charge >= 0.3 is 6.09 Å². The lowest BCUT2D eigenvalue weighted by Gasteiger charge is -2.30. The van der Waals surface area contributed by atoms with Gasteiger partial charge in [0.1, 0.15) is 0 Å². The van der Waals surface area contributed by atoms with Crippen LogP contribution in [-0.4, -0.2) is 46.4 Å². The van der Waals surface area contributed by atoms with Crippen molar-refractivity contribution in [2.24, 2.45) is 11.8 Å². The minimum absolute atomic E-state index is 0.0298. The van der Waals surface area contributed by atoms with Gasteiger partial charge in [-0.2, -0.15) is 5.10 Å². The highest BCUT2D eigenvalue weighted by Crippen LogP contribution is 2.20. The number of rotatable bonds is 5. The average molecular weight is 370 g/mol. The molecule has 1 aliphatic rings. The summed E-state index contributed by atoms with van der Waals surface area (Å²) in [7, 11) is 0. The number of hydrogen-bond acceptors (Lipinski definition) is 4. The number of likely N-dealkylation sites (tertiary alicyclic amines) is 1. The van der Waals surface area contributed by atoms with Crippen LogP contribution in [0.4, 0.5) is 10.5 Å². The zero-order valence-corrected chi connectivity index (χ0v) is 15.8. The number of ether oxygens (including phenoxy) is 1. The number of nitrogens with one attached hydrogen (secondary N) is 1. The van der Waals surface area contributed by atoms with Gasteiger partial charge in [-0.05, 0) is 30.9 Å². The van der Waals surface area contributed by atoms with Gasteiger partial charge < -0.3 is 15.0 Å². The Morgan fingerprint density at radius 2 is 1.93 bits per heavy atom. The summed E-state index contributed by atoms with van der Waals surface area (Å²) in [5.41, 5.74) is 1.61. The summed E-state index contributed by atoms with van der Waals surface area (Å²) in [6.07, 6.45) is 4.42. The van der Waals surface area contributed by atoms with Crippen LogP contribution in [0.3, 0.4) is 0 Å². The van der Waals surface area contributed by atoms with E-state index in [1.807, 2.05) is 44.2 Å². The summed E-state index contributed by atoms with van der Waals surface area (Å²) < 4.78 is 6.98. The van der Waals surface area contributed by atoms with E-state index < -0.39 is 0 Å². The minimum Gasteiger partial charge on any atom is -0.449 e. The minimum atomic E-state index is -0.285. The van der Waals surface area contributed by atoms with Crippen LogP contribution in [0.2, 0.25) is 0 Å². The van der Waals surface area contributed by atoms with E-state index in [1.165, 1.54) is 0 Å². The van der Waals surface area contributed by atoms with Crippen molar-refractivity contribution in [3.63, 3.8) is 0 Å². The van der Waals surface area contributed by atoms with Crippen molar-refractivity contribution in [2.75, 3.05) is 25.0 Å². The summed E-state index contributed by atoms with van der Waals surface area (Å²) in [6.45, 7) is 5.51. The summed E-state index contributed by atoms with van der Waals surface area (Å²) in [5.74, 6) is 0.172. The Kier molecular flexibility index (Phi) is 6.11. The Balaban J connectivity index is 1.49. The molecule has 0 atom stereocenters. The highest BCUT2D eigenvalue weighted by molar-refractivity contribution is 5.92. The SMILES string of the molecule is CC(C)COC(=O)N1CCC(C(=O)Nc2cnn(-c3ccccc3)c2)CC1. The molecule has 27 heavy (non-hydrogen) atoms. The van der Waals surface area contributed by atoms with Crippen LogP contribution in [0.15, 0.2) is 42.7 Å². The number of amides is 2. The molecule has 0 aliphatic carbocycles. The second-order valence-corrected chi connectivity index (χ2v) is 7.23. The molecule has 2 heterocycles. The molecule has 1 N–H and O–H groups in total. The van der Waals surface area contributed by atoms with Gasteiger partial charge in [0.2, 0.25) is 5.91 Å². The van der Waals surface area contributed by atoms with Gasteiger partial charge in [-0.15, -0.1) is 0 Å². The summed E-state index contributed by atoms with van der Waals surface area (Å²) in [4.78, 5) is 26.2. The number of benzene rings is 1. The smallest absolute Gasteiger partial charge is 0.409 e. The fourth-order valence-corrected chi connectivity index (χ4v) is 3.01. The van der Waals surface area contributed by atoms with Crippen LogP contribution in [-0.2, 0) is 9.53 Å². The number of hydrogen-bond donors (Lipinski definition) is 1. The Bertz CT molecular complexity index is 765. The number of piperidine rings is 1. The molecule has 0 bridgehead atoms. The van der Waals surface area contributed by atoms with Gasteiger partial charge in [-0.3, -0.25) is 4.79 Å². The van der Waals surface area contributed by atoms with Gasteiger partial charge in [-0.1, -0.05) is 32.0 Å².